The maximum Gasteiger partial charge on any atom is 0.409 e. The maximum absolute atomic E-state index is 12.5. The molecule has 1 aliphatic heterocycles. The molecule has 1 N–H and O–H groups in total. The molecule has 144 valence electrons. The number of piperazine rings is 1. The van der Waals surface area contributed by atoms with Gasteiger partial charge in [0.15, 0.2) is 5.75 Å². The summed E-state index contributed by atoms with van der Waals surface area (Å²) < 4.78 is 6.52. The van der Waals surface area contributed by atoms with Gasteiger partial charge in [-0.15, -0.1) is 0 Å². The quantitative estimate of drug-likeness (QED) is 0.869. The number of ether oxygens (including phenoxy) is 1. The number of rotatable bonds is 5. The Balaban J connectivity index is 1.62. The topological polar surface area (TPSA) is 75.0 Å². The molecular formula is C20H25N3O4. The van der Waals surface area contributed by atoms with E-state index in [1.54, 1.807) is 24.1 Å². The molecular weight excluding hydrogens is 346 g/mol. The summed E-state index contributed by atoms with van der Waals surface area (Å²) in [5.74, 6) is -0.207. The van der Waals surface area contributed by atoms with Crippen LogP contribution in [-0.4, -0.2) is 58.4 Å². The van der Waals surface area contributed by atoms with E-state index in [4.69, 9.17) is 4.74 Å². The first kappa shape index (κ1) is 19.0. The number of benzene rings is 1. The highest BCUT2D eigenvalue weighted by Gasteiger charge is 2.23. The Morgan fingerprint density at radius 2 is 1.78 bits per heavy atom. The molecule has 0 radical (unpaired) electrons. The van der Waals surface area contributed by atoms with E-state index >= 15 is 0 Å². The number of aromatic nitrogens is 1. The minimum atomic E-state index is -0.387. The summed E-state index contributed by atoms with van der Waals surface area (Å²) in [6, 6.07) is 11.4. The summed E-state index contributed by atoms with van der Waals surface area (Å²) in [6.07, 6.45) is 1.43. The SMILES string of the molecule is CCOC(=O)N1CCN(Cc2ccn(Cc3ccccc3)c(=O)c2O)CC1. The van der Waals surface area contributed by atoms with Crippen molar-refractivity contribution in [2.75, 3.05) is 32.8 Å². The van der Waals surface area contributed by atoms with Gasteiger partial charge in [-0.05, 0) is 18.6 Å². The number of hydrogen-bond acceptors (Lipinski definition) is 5. The van der Waals surface area contributed by atoms with Crippen LogP contribution in [0, 0.1) is 0 Å². The lowest BCUT2D eigenvalue weighted by molar-refractivity contribution is 0.0776. The summed E-state index contributed by atoms with van der Waals surface area (Å²) in [6.45, 7) is 5.55. The standard InChI is InChI=1S/C20H25N3O4/c1-2-27-20(26)22-12-10-21(11-13-22)15-17-8-9-23(19(25)18(17)24)14-16-6-4-3-5-7-16/h3-9,24H,2,10-15H2,1H3. The number of carbonyl (C=O) groups excluding carboxylic acids is 1. The Hall–Kier alpha value is -2.80. The molecule has 0 atom stereocenters. The van der Waals surface area contributed by atoms with Crippen molar-refractivity contribution < 1.29 is 14.6 Å². The second kappa shape index (κ2) is 8.73. The maximum atomic E-state index is 12.5. The van der Waals surface area contributed by atoms with Gasteiger partial charge in [0.1, 0.15) is 0 Å². The van der Waals surface area contributed by atoms with E-state index in [1.807, 2.05) is 30.3 Å². The predicted octanol–water partition coefficient (Wildman–Crippen LogP) is 1.88. The number of aromatic hydroxyl groups is 1. The molecule has 0 saturated carbocycles. The molecule has 0 spiro atoms. The molecule has 1 aromatic carbocycles. The van der Waals surface area contributed by atoms with Gasteiger partial charge in [0.2, 0.25) is 0 Å². The van der Waals surface area contributed by atoms with E-state index in [0.29, 0.717) is 51.4 Å². The third kappa shape index (κ3) is 4.68. The van der Waals surface area contributed by atoms with E-state index in [-0.39, 0.29) is 17.4 Å². The largest absolute Gasteiger partial charge is 0.503 e. The first-order chi connectivity index (χ1) is 13.1. The summed E-state index contributed by atoms with van der Waals surface area (Å²) in [5, 5.41) is 10.4. The molecule has 2 heterocycles. The minimum absolute atomic E-state index is 0.207. The fourth-order valence-corrected chi connectivity index (χ4v) is 3.18. The van der Waals surface area contributed by atoms with E-state index in [1.165, 1.54) is 4.57 Å². The van der Waals surface area contributed by atoms with Crippen molar-refractivity contribution in [3.8, 4) is 5.75 Å². The van der Waals surface area contributed by atoms with Gasteiger partial charge in [-0.3, -0.25) is 9.69 Å². The molecule has 1 saturated heterocycles. The summed E-state index contributed by atoms with van der Waals surface area (Å²) >= 11 is 0. The van der Waals surface area contributed by atoms with Gasteiger partial charge in [0.05, 0.1) is 13.2 Å². The zero-order valence-electron chi connectivity index (χ0n) is 15.5. The molecule has 3 rings (SSSR count). The van der Waals surface area contributed by atoms with E-state index in [9.17, 15) is 14.7 Å². The Morgan fingerprint density at radius 3 is 2.44 bits per heavy atom. The second-order valence-electron chi connectivity index (χ2n) is 6.57. The fourth-order valence-electron chi connectivity index (χ4n) is 3.18. The zero-order valence-corrected chi connectivity index (χ0v) is 15.5. The van der Waals surface area contributed by atoms with Crippen molar-refractivity contribution in [1.82, 2.24) is 14.4 Å². The van der Waals surface area contributed by atoms with Crippen LogP contribution in [0.4, 0.5) is 4.79 Å². The smallest absolute Gasteiger partial charge is 0.409 e. The van der Waals surface area contributed by atoms with Crippen molar-refractivity contribution in [3.63, 3.8) is 0 Å². The van der Waals surface area contributed by atoms with Crippen LogP contribution in [0.3, 0.4) is 0 Å². The first-order valence-electron chi connectivity index (χ1n) is 9.17. The summed E-state index contributed by atoms with van der Waals surface area (Å²) in [5.41, 5.74) is 1.22. The van der Waals surface area contributed by atoms with Gasteiger partial charge in [0.25, 0.3) is 5.56 Å². The Morgan fingerprint density at radius 1 is 1.07 bits per heavy atom. The molecule has 7 nitrogen and oxygen atoms in total. The van der Waals surface area contributed by atoms with Crippen molar-refractivity contribution in [2.24, 2.45) is 0 Å². The number of amides is 1. The van der Waals surface area contributed by atoms with Gasteiger partial charge in [-0.25, -0.2) is 4.79 Å². The highest BCUT2D eigenvalue weighted by molar-refractivity contribution is 5.67. The second-order valence-corrected chi connectivity index (χ2v) is 6.57. The van der Waals surface area contributed by atoms with Gasteiger partial charge in [0, 0.05) is 44.5 Å². The zero-order chi connectivity index (χ0) is 19.2. The van der Waals surface area contributed by atoms with Crippen molar-refractivity contribution >= 4 is 6.09 Å². The van der Waals surface area contributed by atoms with Crippen LogP contribution in [0.5, 0.6) is 5.75 Å². The molecule has 7 heteroatoms. The lowest BCUT2D eigenvalue weighted by atomic mass is 10.2. The average Bonchev–Trinajstić information content (AvgIpc) is 2.69. The molecule has 1 aliphatic rings. The van der Waals surface area contributed by atoms with Crippen molar-refractivity contribution in [3.05, 3.63) is 64.1 Å². The van der Waals surface area contributed by atoms with Gasteiger partial charge in [-0.1, -0.05) is 30.3 Å². The molecule has 1 fully saturated rings. The minimum Gasteiger partial charge on any atom is -0.503 e. The van der Waals surface area contributed by atoms with Crippen molar-refractivity contribution in [2.45, 2.75) is 20.0 Å². The molecule has 0 aliphatic carbocycles. The molecule has 27 heavy (non-hydrogen) atoms. The summed E-state index contributed by atoms with van der Waals surface area (Å²) in [7, 11) is 0. The third-order valence-electron chi connectivity index (χ3n) is 4.71. The predicted molar refractivity (Wildman–Crippen MR) is 102 cm³/mol. The Bertz CT molecular complexity index is 827. The number of carbonyl (C=O) groups is 1. The monoisotopic (exact) mass is 371 g/mol. The van der Waals surface area contributed by atoms with Gasteiger partial charge in [-0.2, -0.15) is 0 Å². The molecule has 0 unspecified atom stereocenters. The highest BCUT2D eigenvalue weighted by Crippen LogP contribution is 2.16. The average molecular weight is 371 g/mol. The third-order valence-corrected chi connectivity index (χ3v) is 4.71. The van der Waals surface area contributed by atoms with E-state index in [2.05, 4.69) is 4.90 Å². The fraction of sp³-hybridized carbons (Fsp3) is 0.400. The Labute approximate surface area is 158 Å². The van der Waals surface area contributed by atoms with Crippen LogP contribution < -0.4 is 5.56 Å². The normalized spacial score (nSPS) is 14.9. The van der Waals surface area contributed by atoms with E-state index < -0.39 is 0 Å². The summed E-state index contributed by atoms with van der Waals surface area (Å²) in [4.78, 5) is 28.0. The van der Waals surface area contributed by atoms with Crippen LogP contribution in [0.1, 0.15) is 18.1 Å². The van der Waals surface area contributed by atoms with E-state index in [0.717, 1.165) is 5.56 Å². The Kier molecular flexibility index (Phi) is 6.13. The van der Waals surface area contributed by atoms with Crippen molar-refractivity contribution in [1.29, 1.82) is 0 Å². The molecule has 0 bridgehead atoms. The van der Waals surface area contributed by atoms with Crippen LogP contribution in [0.15, 0.2) is 47.4 Å². The van der Waals surface area contributed by atoms with Crippen LogP contribution >= 0.6 is 0 Å². The first-order valence-corrected chi connectivity index (χ1v) is 9.17. The molecule has 2 aromatic rings. The van der Waals surface area contributed by atoms with Crippen LogP contribution in [-0.2, 0) is 17.8 Å². The molecule has 1 aromatic heterocycles. The number of hydrogen-bond donors (Lipinski definition) is 1. The van der Waals surface area contributed by atoms with Gasteiger partial charge < -0.3 is 19.3 Å². The lowest BCUT2D eigenvalue weighted by Gasteiger charge is -2.34. The number of nitrogens with zero attached hydrogens (tertiary/aromatic N) is 3. The number of pyridine rings is 1. The van der Waals surface area contributed by atoms with Gasteiger partial charge >= 0.3 is 6.09 Å². The lowest BCUT2D eigenvalue weighted by Crippen LogP contribution is -2.48. The van der Waals surface area contributed by atoms with Crippen LogP contribution in [0.25, 0.3) is 0 Å². The molecule has 1 amide bonds. The highest BCUT2D eigenvalue weighted by atomic mass is 16.6. The van der Waals surface area contributed by atoms with Crippen LogP contribution in [0.2, 0.25) is 0 Å².